The molecule has 0 aliphatic rings. The molecule has 0 saturated heterocycles. The Kier molecular flexibility index (Phi) is 5.86. The van der Waals surface area contributed by atoms with Gasteiger partial charge < -0.3 is 19.2 Å². The highest BCUT2D eigenvalue weighted by molar-refractivity contribution is 6.07. The highest BCUT2D eigenvalue weighted by Crippen LogP contribution is 2.36. The number of benzene rings is 3. The van der Waals surface area contributed by atoms with Gasteiger partial charge >= 0.3 is 0 Å². The minimum Gasteiger partial charge on any atom is -0.495 e. The number of fused-ring (bicyclic) bond motifs is 3. The molecule has 0 unspecified atom stereocenters. The normalized spacial score (nSPS) is 11.2. The number of amides is 1. The van der Waals surface area contributed by atoms with Gasteiger partial charge in [-0.05, 0) is 31.3 Å². The zero-order chi connectivity index (χ0) is 20.9. The van der Waals surface area contributed by atoms with E-state index in [1.54, 1.807) is 7.11 Å². The lowest BCUT2D eigenvalue weighted by molar-refractivity contribution is -0.117. The van der Waals surface area contributed by atoms with Crippen molar-refractivity contribution < 1.29 is 18.7 Å². The summed E-state index contributed by atoms with van der Waals surface area (Å²) in [7, 11) is 3.47. The Morgan fingerprint density at radius 1 is 1.00 bits per heavy atom. The first-order chi connectivity index (χ1) is 14.6. The average molecular weight is 404 g/mol. The van der Waals surface area contributed by atoms with Gasteiger partial charge in [0, 0.05) is 23.4 Å². The molecule has 0 fully saturated rings. The van der Waals surface area contributed by atoms with Crippen LogP contribution in [0.15, 0.2) is 71.1 Å². The van der Waals surface area contributed by atoms with Crippen molar-refractivity contribution >= 4 is 33.5 Å². The summed E-state index contributed by atoms with van der Waals surface area (Å²) in [6.45, 7) is 1.36. The highest BCUT2D eigenvalue weighted by atomic mass is 16.5. The Morgan fingerprint density at radius 3 is 2.57 bits per heavy atom. The second kappa shape index (κ2) is 8.88. The van der Waals surface area contributed by atoms with Crippen LogP contribution in [-0.4, -0.2) is 44.7 Å². The van der Waals surface area contributed by atoms with Gasteiger partial charge in [-0.1, -0.05) is 36.4 Å². The van der Waals surface area contributed by atoms with Crippen LogP contribution in [0.1, 0.15) is 0 Å². The summed E-state index contributed by atoms with van der Waals surface area (Å²) in [5.41, 5.74) is 2.09. The molecule has 3 aromatic carbocycles. The van der Waals surface area contributed by atoms with Gasteiger partial charge in [0.2, 0.25) is 5.91 Å². The van der Waals surface area contributed by atoms with Crippen LogP contribution in [0, 0.1) is 0 Å². The largest absolute Gasteiger partial charge is 0.495 e. The van der Waals surface area contributed by atoms with Crippen molar-refractivity contribution in [3.63, 3.8) is 0 Å². The van der Waals surface area contributed by atoms with E-state index in [0.717, 1.165) is 22.1 Å². The molecule has 1 amide bonds. The van der Waals surface area contributed by atoms with Crippen LogP contribution in [0.2, 0.25) is 0 Å². The number of ether oxygens (including phenoxy) is 2. The van der Waals surface area contributed by atoms with Gasteiger partial charge in [0.25, 0.3) is 0 Å². The maximum Gasteiger partial charge on any atom is 0.238 e. The second-order valence-corrected chi connectivity index (χ2v) is 7.09. The molecular weight excluding hydrogens is 380 g/mol. The maximum absolute atomic E-state index is 12.6. The lowest BCUT2D eigenvalue weighted by Crippen LogP contribution is -2.33. The summed E-state index contributed by atoms with van der Waals surface area (Å²) < 4.78 is 17.1. The van der Waals surface area contributed by atoms with E-state index in [9.17, 15) is 4.79 Å². The third-order valence-electron chi connectivity index (χ3n) is 4.87. The third-order valence-corrected chi connectivity index (χ3v) is 4.87. The van der Waals surface area contributed by atoms with E-state index in [4.69, 9.17) is 13.9 Å². The molecule has 0 aliphatic carbocycles. The van der Waals surface area contributed by atoms with E-state index in [2.05, 4.69) is 5.32 Å². The number of methoxy groups -OCH3 is 1. The lowest BCUT2D eigenvalue weighted by Gasteiger charge is -2.17. The molecule has 0 bridgehead atoms. The van der Waals surface area contributed by atoms with E-state index in [1.165, 1.54) is 0 Å². The van der Waals surface area contributed by atoms with Crippen molar-refractivity contribution in [2.24, 2.45) is 0 Å². The van der Waals surface area contributed by atoms with Gasteiger partial charge in [0.05, 0.1) is 19.3 Å². The minimum atomic E-state index is -0.133. The van der Waals surface area contributed by atoms with Crippen molar-refractivity contribution in [2.45, 2.75) is 0 Å². The number of para-hydroxylation sites is 2. The smallest absolute Gasteiger partial charge is 0.238 e. The van der Waals surface area contributed by atoms with Crippen LogP contribution in [0.3, 0.4) is 0 Å². The van der Waals surface area contributed by atoms with Crippen molar-refractivity contribution in [1.82, 2.24) is 4.90 Å². The van der Waals surface area contributed by atoms with E-state index in [0.29, 0.717) is 30.2 Å². The number of nitrogens with zero attached hydrogens (tertiary/aromatic N) is 1. The van der Waals surface area contributed by atoms with Crippen LogP contribution in [0.4, 0.5) is 5.69 Å². The monoisotopic (exact) mass is 404 g/mol. The number of furan rings is 1. The van der Waals surface area contributed by atoms with Crippen molar-refractivity contribution in [3.8, 4) is 11.5 Å². The second-order valence-electron chi connectivity index (χ2n) is 7.09. The van der Waals surface area contributed by atoms with Crippen LogP contribution < -0.4 is 14.8 Å². The maximum atomic E-state index is 12.6. The first-order valence-corrected chi connectivity index (χ1v) is 9.79. The van der Waals surface area contributed by atoms with Crippen LogP contribution in [-0.2, 0) is 4.79 Å². The predicted octanol–water partition coefficient (Wildman–Crippen LogP) is 4.54. The number of rotatable bonds is 8. The fourth-order valence-electron chi connectivity index (χ4n) is 3.37. The lowest BCUT2D eigenvalue weighted by atomic mass is 10.1. The molecule has 1 aromatic heterocycles. The summed E-state index contributed by atoms with van der Waals surface area (Å²) >= 11 is 0. The Bertz CT molecular complexity index is 1150. The number of anilines is 1. The first kappa shape index (κ1) is 19.8. The molecule has 0 saturated carbocycles. The number of likely N-dealkylation sites (N-methyl/N-ethyl adjacent to an activating group) is 1. The zero-order valence-corrected chi connectivity index (χ0v) is 17.1. The van der Waals surface area contributed by atoms with E-state index >= 15 is 0 Å². The minimum absolute atomic E-state index is 0.133. The fourth-order valence-corrected chi connectivity index (χ4v) is 3.37. The average Bonchev–Trinajstić information content (AvgIpc) is 3.11. The zero-order valence-electron chi connectivity index (χ0n) is 17.1. The molecule has 0 spiro atoms. The summed E-state index contributed by atoms with van der Waals surface area (Å²) in [6, 6.07) is 21.2. The number of hydrogen-bond acceptors (Lipinski definition) is 5. The van der Waals surface area contributed by atoms with Gasteiger partial charge in [-0.2, -0.15) is 0 Å². The molecular formula is C24H24N2O4. The molecule has 1 N–H and O–H groups in total. The van der Waals surface area contributed by atoms with Crippen molar-refractivity contribution in [3.05, 3.63) is 66.7 Å². The van der Waals surface area contributed by atoms with E-state index < -0.39 is 0 Å². The Labute approximate surface area is 175 Å². The molecule has 4 aromatic rings. The quantitative estimate of drug-likeness (QED) is 0.467. The summed E-state index contributed by atoms with van der Waals surface area (Å²) in [5, 5.41) is 4.90. The molecule has 6 heteroatoms. The fraction of sp³-hybridized carbons (Fsp3) is 0.208. The molecule has 0 aliphatic heterocycles. The number of carbonyl (C=O) groups is 1. The molecule has 6 nitrogen and oxygen atoms in total. The SMILES string of the molecule is COc1cc2c(cc1NC(=O)CN(C)CCOc1ccccc1)oc1ccccc12. The topological polar surface area (TPSA) is 63.9 Å². The molecule has 1 heterocycles. The highest BCUT2D eigenvalue weighted by Gasteiger charge is 2.15. The van der Waals surface area contributed by atoms with Gasteiger partial charge in [-0.3, -0.25) is 9.69 Å². The van der Waals surface area contributed by atoms with Gasteiger partial charge in [0.15, 0.2) is 0 Å². The number of nitrogens with one attached hydrogen (secondary N) is 1. The molecule has 0 atom stereocenters. The predicted molar refractivity (Wildman–Crippen MR) is 118 cm³/mol. The van der Waals surface area contributed by atoms with Crippen molar-refractivity contribution in [1.29, 1.82) is 0 Å². The Hall–Kier alpha value is -3.51. The summed E-state index contributed by atoms with van der Waals surface area (Å²) in [4.78, 5) is 14.5. The summed E-state index contributed by atoms with van der Waals surface area (Å²) in [5.74, 6) is 1.28. The summed E-state index contributed by atoms with van der Waals surface area (Å²) in [6.07, 6.45) is 0. The molecule has 154 valence electrons. The van der Waals surface area contributed by atoms with Gasteiger partial charge in [0.1, 0.15) is 29.3 Å². The van der Waals surface area contributed by atoms with Crippen molar-refractivity contribution in [2.75, 3.05) is 39.2 Å². The van der Waals surface area contributed by atoms with Gasteiger partial charge in [-0.15, -0.1) is 0 Å². The van der Waals surface area contributed by atoms with E-state index in [1.807, 2.05) is 78.7 Å². The van der Waals surface area contributed by atoms with Crippen LogP contribution >= 0.6 is 0 Å². The van der Waals surface area contributed by atoms with Crippen LogP contribution in [0.25, 0.3) is 21.9 Å². The number of hydrogen-bond donors (Lipinski definition) is 1. The third kappa shape index (κ3) is 4.39. The molecule has 0 radical (unpaired) electrons. The molecule has 30 heavy (non-hydrogen) atoms. The van der Waals surface area contributed by atoms with Crippen LogP contribution in [0.5, 0.6) is 11.5 Å². The Morgan fingerprint density at radius 2 is 1.77 bits per heavy atom. The van der Waals surface area contributed by atoms with Gasteiger partial charge in [-0.25, -0.2) is 0 Å². The van der Waals surface area contributed by atoms with E-state index in [-0.39, 0.29) is 12.5 Å². The molecule has 4 rings (SSSR count). The Balaban J connectivity index is 1.40. The first-order valence-electron chi connectivity index (χ1n) is 9.79. The standard InChI is InChI=1S/C24H24N2O4/c1-26(12-13-29-17-8-4-3-5-9-17)16-24(27)25-20-15-22-19(14-23(20)28-2)18-10-6-7-11-21(18)30-22/h3-11,14-15H,12-13,16H2,1-2H3,(H,25,27). The number of carbonyl (C=O) groups excluding carboxylic acids is 1.